The standard InChI is InChI=1S/C18H27N3/c1-2-3-4-5-6-9-13-19-18-12-8-7-11-17(18)16-21-15-10-14-20-21/h7-8,10-12,14-15,19H,2-6,9,13,16H2,1H3. The molecule has 0 aliphatic rings. The van der Waals surface area contributed by atoms with E-state index in [1.165, 1.54) is 49.8 Å². The van der Waals surface area contributed by atoms with Gasteiger partial charge in [-0.15, -0.1) is 0 Å². The van der Waals surface area contributed by atoms with Crippen molar-refractivity contribution in [1.29, 1.82) is 0 Å². The molecule has 0 amide bonds. The summed E-state index contributed by atoms with van der Waals surface area (Å²) in [7, 11) is 0. The fourth-order valence-corrected chi connectivity index (χ4v) is 2.53. The molecule has 0 fully saturated rings. The van der Waals surface area contributed by atoms with Crippen LogP contribution in [0.25, 0.3) is 0 Å². The van der Waals surface area contributed by atoms with E-state index in [0.29, 0.717) is 0 Å². The van der Waals surface area contributed by atoms with Crippen LogP contribution in [0.5, 0.6) is 0 Å². The molecule has 1 heterocycles. The fourth-order valence-electron chi connectivity index (χ4n) is 2.53. The summed E-state index contributed by atoms with van der Waals surface area (Å²) in [6.07, 6.45) is 11.8. The van der Waals surface area contributed by atoms with Crippen LogP contribution in [0.2, 0.25) is 0 Å². The number of nitrogens with zero attached hydrogens (tertiary/aromatic N) is 2. The second kappa shape index (κ2) is 9.22. The van der Waals surface area contributed by atoms with E-state index < -0.39 is 0 Å². The van der Waals surface area contributed by atoms with Crippen LogP contribution < -0.4 is 5.32 Å². The molecule has 0 saturated carbocycles. The Balaban J connectivity index is 1.75. The Labute approximate surface area is 128 Å². The highest BCUT2D eigenvalue weighted by molar-refractivity contribution is 5.51. The molecule has 3 heteroatoms. The van der Waals surface area contributed by atoms with Crippen LogP contribution in [0.1, 0.15) is 51.0 Å². The third kappa shape index (κ3) is 5.62. The molecule has 21 heavy (non-hydrogen) atoms. The van der Waals surface area contributed by atoms with Crippen molar-refractivity contribution in [2.75, 3.05) is 11.9 Å². The van der Waals surface area contributed by atoms with E-state index >= 15 is 0 Å². The van der Waals surface area contributed by atoms with Gasteiger partial charge in [-0.3, -0.25) is 4.68 Å². The molecule has 1 aromatic heterocycles. The van der Waals surface area contributed by atoms with Crippen LogP contribution in [0.3, 0.4) is 0 Å². The Morgan fingerprint density at radius 1 is 1.00 bits per heavy atom. The van der Waals surface area contributed by atoms with Crippen LogP contribution >= 0.6 is 0 Å². The van der Waals surface area contributed by atoms with Crippen LogP contribution in [0.4, 0.5) is 5.69 Å². The zero-order valence-electron chi connectivity index (χ0n) is 13.1. The van der Waals surface area contributed by atoms with Gasteiger partial charge in [-0.25, -0.2) is 0 Å². The van der Waals surface area contributed by atoms with Crippen molar-refractivity contribution in [2.24, 2.45) is 0 Å². The van der Waals surface area contributed by atoms with Crippen molar-refractivity contribution in [3.63, 3.8) is 0 Å². The molecule has 114 valence electrons. The van der Waals surface area contributed by atoms with Crippen molar-refractivity contribution in [1.82, 2.24) is 9.78 Å². The highest BCUT2D eigenvalue weighted by atomic mass is 15.3. The van der Waals surface area contributed by atoms with Crippen LogP contribution in [-0.2, 0) is 6.54 Å². The molecule has 0 spiro atoms. The van der Waals surface area contributed by atoms with Crippen LogP contribution in [0, 0.1) is 0 Å². The lowest BCUT2D eigenvalue weighted by Crippen LogP contribution is -2.07. The topological polar surface area (TPSA) is 29.9 Å². The second-order valence-electron chi connectivity index (χ2n) is 5.56. The molecule has 0 radical (unpaired) electrons. The molecule has 0 aliphatic carbocycles. The Hall–Kier alpha value is -1.77. The zero-order valence-corrected chi connectivity index (χ0v) is 13.1. The summed E-state index contributed by atoms with van der Waals surface area (Å²) in [6, 6.07) is 10.5. The molecule has 0 unspecified atom stereocenters. The van der Waals surface area contributed by atoms with E-state index in [2.05, 4.69) is 41.6 Å². The highest BCUT2D eigenvalue weighted by Crippen LogP contribution is 2.16. The number of hydrogen-bond donors (Lipinski definition) is 1. The maximum absolute atomic E-state index is 4.28. The first-order valence-corrected chi connectivity index (χ1v) is 8.19. The molecule has 3 nitrogen and oxygen atoms in total. The van der Waals surface area contributed by atoms with Gasteiger partial charge in [-0.2, -0.15) is 5.10 Å². The molecule has 0 bridgehead atoms. The van der Waals surface area contributed by atoms with E-state index in [9.17, 15) is 0 Å². The van der Waals surface area contributed by atoms with E-state index in [-0.39, 0.29) is 0 Å². The van der Waals surface area contributed by atoms with Crippen molar-refractivity contribution in [2.45, 2.75) is 52.0 Å². The van der Waals surface area contributed by atoms with Gasteiger partial charge in [0.05, 0.1) is 6.54 Å². The summed E-state index contributed by atoms with van der Waals surface area (Å²) < 4.78 is 1.96. The molecule has 1 N–H and O–H groups in total. The molecule has 0 saturated heterocycles. The minimum Gasteiger partial charge on any atom is -0.385 e. The Bertz CT molecular complexity index is 491. The van der Waals surface area contributed by atoms with Gasteiger partial charge in [0.2, 0.25) is 0 Å². The van der Waals surface area contributed by atoms with Gasteiger partial charge in [-0.05, 0) is 24.1 Å². The normalized spacial score (nSPS) is 10.7. The van der Waals surface area contributed by atoms with Crippen molar-refractivity contribution in [3.8, 4) is 0 Å². The SMILES string of the molecule is CCCCCCCCNc1ccccc1Cn1cccn1. The minimum atomic E-state index is 0.826. The van der Waals surface area contributed by atoms with Crippen LogP contribution in [0.15, 0.2) is 42.7 Å². The summed E-state index contributed by atoms with van der Waals surface area (Å²) in [5.74, 6) is 0. The summed E-state index contributed by atoms with van der Waals surface area (Å²) in [5.41, 5.74) is 2.54. The van der Waals surface area contributed by atoms with E-state index in [0.717, 1.165) is 13.1 Å². The number of nitrogens with one attached hydrogen (secondary N) is 1. The summed E-state index contributed by atoms with van der Waals surface area (Å²) in [5, 5.41) is 7.86. The van der Waals surface area contributed by atoms with Gasteiger partial charge in [0.1, 0.15) is 0 Å². The number of rotatable bonds is 10. The molecule has 2 aromatic rings. The van der Waals surface area contributed by atoms with E-state index in [1.807, 2.05) is 23.1 Å². The number of hydrogen-bond acceptors (Lipinski definition) is 2. The first kappa shape index (κ1) is 15.6. The maximum Gasteiger partial charge on any atom is 0.0679 e. The Morgan fingerprint density at radius 3 is 2.62 bits per heavy atom. The fraction of sp³-hybridized carbons (Fsp3) is 0.500. The van der Waals surface area contributed by atoms with Gasteiger partial charge in [0.25, 0.3) is 0 Å². The smallest absolute Gasteiger partial charge is 0.0679 e. The summed E-state index contributed by atoms with van der Waals surface area (Å²) in [6.45, 7) is 4.15. The van der Waals surface area contributed by atoms with Crippen molar-refractivity contribution in [3.05, 3.63) is 48.3 Å². The highest BCUT2D eigenvalue weighted by Gasteiger charge is 2.02. The average Bonchev–Trinajstić information content (AvgIpc) is 3.01. The zero-order chi connectivity index (χ0) is 14.8. The first-order valence-electron chi connectivity index (χ1n) is 8.19. The number of para-hydroxylation sites is 1. The quantitative estimate of drug-likeness (QED) is 0.641. The lowest BCUT2D eigenvalue weighted by molar-refractivity contribution is 0.616. The van der Waals surface area contributed by atoms with E-state index in [1.54, 1.807) is 0 Å². The van der Waals surface area contributed by atoms with Gasteiger partial charge >= 0.3 is 0 Å². The monoisotopic (exact) mass is 285 g/mol. The Morgan fingerprint density at radius 2 is 1.81 bits per heavy atom. The molecular weight excluding hydrogens is 258 g/mol. The predicted molar refractivity (Wildman–Crippen MR) is 89.6 cm³/mol. The third-order valence-corrected chi connectivity index (χ3v) is 3.75. The molecular formula is C18H27N3. The first-order chi connectivity index (χ1) is 10.4. The number of anilines is 1. The number of aromatic nitrogens is 2. The van der Waals surface area contributed by atoms with Crippen molar-refractivity contribution >= 4 is 5.69 Å². The maximum atomic E-state index is 4.28. The van der Waals surface area contributed by atoms with Gasteiger partial charge in [-0.1, -0.05) is 57.2 Å². The number of benzene rings is 1. The van der Waals surface area contributed by atoms with Gasteiger partial charge < -0.3 is 5.32 Å². The third-order valence-electron chi connectivity index (χ3n) is 3.75. The van der Waals surface area contributed by atoms with E-state index in [4.69, 9.17) is 0 Å². The molecule has 0 atom stereocenters. The summed E-state index contributed by atoms with van der Waals surface area (Å²) in [4.78, 5) is 0. The number of unbranched alkanes of at least 4 members (excludes halogenated alkanes) is 5. The van der Waals surface area contributed by atoms with Gasteiger partial charge in [0.15, 0.2) is 0 Å². The Kier molecular flexibility index (Phi) is 6.85. The average molecular weight is 285 g/mol. The second-order valence-corrected chi connectivity index (χ2v) is 5.56. The van der Waals surface area contributed by atoms with Crippen molar-refractivity contribution < 1.29 is 0 Å². The molecule has 1 aromatic carbocycles. The van der Waals surface area contributed by atoms with Gasteiger partial charge in [0, 0.05) is 24.6 Å². The minimum absolute atomic E-state index is 0.826. The largest absolute Gasteiger partial charge is 0.385 e. The lowest BCUT2D eigenvalue weighted by Gasteiger charge is -2.12. The van der Waals surface area contributed by atoms with Crippen LogP contribution in [-0.4, -0.2) is 16.3 Å². The molecule has 2 rings (SSSR count). The predicted octanol–water partition coefficient (Wildman–Crippen LogP) is 4.70. The molecule has 0 aliphatic heterocycles. The summed E-state index contributed by atoms with van der Waals surface area (Å²) >= 11 is 0. The lowest BCUT2D eigenvalue weighted by atomic mass is 10.1.